The molecule has 1 N–H and O–H groups in total. The molecule has 0 aliphatic carbocycles. The van der Waals surface area contributed by atoms with Gasteiger partial charge in [0.15, 0.2) is 11.5 Å². The molecule has 0 bridgehead atoms. The number of rotatable bonds is 5. The molecule has 2 aromatic rings. The highest BCUT2D eigenvalue weighted by Crippen LogP contribution is 2.33. The number of hydrogen-bond acceptors (Lipinski definition) is 4. The van der Waals surface area contributed by atoms with Crippen LogP contribution in [0.4, 0.5) is 0 Å². The predicted octanol–water partition coefficient (Wildman–Crippen LogP) is 5.01. The maximum atomic E-state index is 9.23. The molecule has 0 aromatic heterocycles. The van der Waals surface area contributed by atoms with E-state index in [1.54, 1.807) is 44.6 Å². The molecule has 0 fully saturated rings. The Morgan fingerprint density at radius 1 is 1.13 bits per heavy atom. The molecule has 0 radical (unpaired) electrons. The maximum Gasteiger partial charge on any atom is 0.161 e. The minimum absolute atomic E-state index is 0.420. The summed E-state index contributed by atoms with van der Waals surface area (Å²) in [4.78, 5) is 0. The van der Waals surface area contributed by atoms with Crippen molar-refractivity contribution in [2.24, 2.45) is 5.16 Å². The molecule has 0 unspecified atom stereocenters. The molecule has 0 spiro atoms. The van der Waals surface area contributed by atoms with Gasteiger partial charge in [-0.3, -0.25) is 0 Å². The van der Waals surface area contributed by atoms with Crippen LogP contribution in [0, 0.1) is 0 Å². The van der Waals surface area contributed by atoms with E-state index in [4.69, 9.17) is 21.1 Å². The molecule has 0 saturated heterocycles. The monoisotopic (exact) mass is 395 g/mol. The molecule has 6 heteroatoms. The predicted molar refractivity (Wildman–Crippen MR) is 96.1 cm³/mol. The fraction of sp³-hybridized carbons (Fsp3) is 0.118. The third-order valence-electron chi connectivity index (χ3n) is 3.17. The lowest BCUT2D eigenvalue weighted by molar-refractivity contribution is 0.320. The Labute approximate surface area is 148 Å². The highest BCUT2D eigenvalue weighted by Gasteiger charge is 2.08. The van der Waals surface area contributed by atoms with Crippen LogP contribution >= 0.6 is 27.5 Å². The van der Waals surface area contributed by atoms with Crippen molar-refractivity contribution in [1.29, 1.82) is 0 Å². The number of oxime groups is 1. The van der Waals surface area contributed by atoms with Crippen LogP contribution in [0.25, 0.3) is 6.08 Å². The van der Waals surface area contributed by atoms with Crippen LogP contribution in [0.3, 0.4) is 0 Å². The average Bonchev–Trinajstić information content (AvgIpc) is 2.57. The van der Waals surface area contributed by atoms with Crippen molar-refractivity contribution in [2.75, 3.05) is 14.2 Å². The molecule has 0 amide bonds. The Balaban J connectivity index is 2.33. The first-order valence-corrected chi connectivity index (χ1v) is 7.83. The summed E-state index contributed by atoms with van der Waals surface area (Å²) in [5, 5.41) is 13.2. The van der Waals surface area contributed by atoms with E-state index in [2.05, 4.69) is 21.1 Å². The zero-order chi connectivity index (χ0) is 16.8. The Bertz CT molecular complexity index is 742. The summed E-state index contributed by atoms with van der Waals surface area (Å²) >= 11 is 9.35. The van der Waals surface area contributed by atoms with Crippen LogP contribution in [0.2, 0.25) is 5.02 Å². The topological polar surface area (TPSA) is 51.0 Å². The van der Waals surface area contributed by atoms with E-state index < -0.39 is 0 Å². The van der Waals surface area contributed by atoms with Gasteiger partial charge in [0.2, 0.25) is 0 Å². The van der Waals surface area contributed by atoms with Crippen molar-refractivity contribution in [2.45, 2.75) is 0 Å². The molecule has 2 aromatic carbocycles. The van der Waals surface area contributed by atoms with Crippen LogP contribution in [-0.4, -0.2) is 25.1 Å². The normalized spacial score (nSPS) is 11.7. The molecule has 2 rings (SSSR count). The van der Waals surface area contributed by atoms with Crippen LogP contribution in [0.15, 0.2) is 52.1 Å². The number of ether oxygens (including phenoxy) is 2. The summed E-state index contributed by atoms with van der Waals surface area (Å²) in [5.74, 6) is 1.25. The summed E-state index contributed by atoms with van der Waals surface area (Å²) in [7, 11) is 3.16. The fourth-order valence-corrected chi connectivity index (χ4v) is 2.55. The largest absolute Gasteiger partial charge is 0.493 e. The molecule has 0 saturated carbocycles. The lowest BCUT2D eigenvalue weighted by atomic mass is 10.1. The van der Waals surface area contributed by atoms with E-state index in [9.17, 15) is 5.21 Å². The van der Waals surface area contributed by atoms with E-state index in [1.807, 2.05) is 18.2 Å². The average molecular weight is 397 g/mol. The summed E-state index contributed by atoms with van der Waals surface area (Å²) in [6.07, 6.45) is 3.52. The van der Waals surface area contributed by atoms with Crippen LogP contribution in [0.1, 0.15) is 11.1 Å². The summed E-state index contributed by atoms with van der Waals surface area (Å²) in [6, 6.07) is 10.7. The van der Waals surface area contributed by atoms with Gasteiger partial charge < -0.3 is 14.7 Å². The van der Waals surface area contributed by atoms with Crippen molar-refractivity contribution >= 4 is 39.3 Å². The Hall–Kier alpha value is -1.98. The molecule has 23 heavy (non-hydrogen) atoms. The smallest absolute Gasteiger partial charge is 0.161 e. The molecular formula is C17H15BrClNO3. The molecule has 120 valence electrons. The van der Waals surface area contributed by atoms with Gasteiger partial charge in [-0.15, -0.1) is 0 Å². The molecule has 0 heterocycles. The van der Waals surface area contributed by atoms with Gasteiger partial charge in [-0.2, -0.15) is 0 Å². The zero-order valence-corrected chi connectivity index (χ0v) is 14.9. The second kappa shape index (κ2) is 8.04. The van der Waals surface area contributed by atoms with Crippen molar-refractivity contribution in [3.63, 3.8) is 0 Å². The van der Waals surface area contributed by atoms with E-state index in [0.717, 1.165) is 15.6 Å². The first-order valence-electron chi connectivity index (χ1n) is 6.66. The van der Waals surface area contributed by atoms with Gasteiger partial charge in [0, 0.05) is 15.1 Å². The van der Waals surface area contributed by atoms with Gasteiger partial charge in [-0.25, -0.2) is 0 Å². The standard InChI is InChI=1S/C17H15BrClNO3/c1-22-16-9-12(14(18)10-17(16)23-2)5-8-15(20-21)11-3-6-13(19)7-4-11/h3-10,21H,1-2H3/b8-5+,20-15-. The zero-order valence-electron chi connectivity index (χ0n) is 12.6. The van der Waals surface area contributed by atoms with E-state index >= 15 is 0 Å². The Morgan fingerprint density at radius 3 is 2.30 bits per heavy atom. The van der Waals surface area contributed by atoms with Gasteiger partial charge in [-0.05, 0) is 35.9 Å². The van der Waals surface area contributed by atoms with E-state index in [0.29, 0.717) is 22.2 Å². The minimum Gasteiger partial charge on any atom is -0.493 e. The highest BCUT2D eigenvalue weighted by molar-refractivity contribution is 9.10. The van der Waals surface area contributed by atoms with Crippen LogP contribution in [-0.2, 0) is 0 Å². The molecule has 0 aliphatic heterocycles. The second-order valence-corrected chi connectivity index (χ2v) is 5.84. The first-order chi connectivity index (χ1) is 11.1. The highest BCUT2D eigenvalue weighted by atomic mass is 79.9. The minimum atomic E-state index is 0.420. The lowest BCUT2D eigenvalue weighted by Crippen LogP contribution is -1.96. The van der Waals surface area contributed by atoms with Crippen LogP contribution < -0.4 is 9.47 Å². The lowest BCUT2D eigenvalue weighted by Gasteiger charge is -2.10. The summed E-state index contributed by atoms with van der Waals surface area (Å²) in [5.41, 5.74) is 2.03. The SMILES string of the molecule is COc1cc(Br)c(/C=C/C(=N/O)c2ccc(Cl)cc2)cc1OC. The van der Waals surface area contributed by atoms with E-state index in [-0.39, 0.29) is 0 Å². The quantitative estimate of drug-likeness (QED) is 0.439. The van der Waals surface area contributed by atoms with Crippen molar-refractivity contribution in [3.8, 4) is 11.5 Å². The third-order valence-corrected chi connectivity index (χ3v) is 4.11. The first kappa shape index (κ1) is 17.4. The number of allylic oxidation sites excluding steroid dienone is 1. The van der Waals surface area contributed by atoms with Crippen LogP contribution in [0.5, 0.6) is 11.5 Å². The molecule has 0 aliphatic rings. The van der Waals surface area contributed by atoms with Crippen molar-refractivity contribution in [3.05, 3.63) is 63.1 Å². The van der Waals surface area contributed by atoms with Crippen molar-refractivity contribution < 1.29 is 14.7 Å². The fourth-order valence-electron chi connectivity index (χ4n) is 1.97. The number of halogens is 2. The number of methoxy groups -OCH3 is 2. The van der Waals surface area contributed by atoms with Gasteiger partial charge in [0.25, 0.3) is 0 Å². The van der Waals surface area contributed by atoms with Gasteiger partial charge in [-0.1, -0.05) is 50.9 Å². The maximum absolute atomic E-state index is 9.23. The van der Waals surface area contributed by atoms with Gasteiger partial charge >= 0.3 is 0 Å². The van der Waals surface area contributed by atoms with Gasteiger partial charge in [0.1, 0.15) is 5.71 Å². The Morgan fingerprint density at radius 2 is 1.74 bits per heavy atom. The Kier molecular flexibility index (Phi) is 6.07. The number of nitrogens with zero attached hydrogens (tertiary/aromatic N) is 1. The number of hydrogen-bond donors (Lipinski definition) is 1. The molecular weight excluding hydrogens is 382 g/mol. The summed E-state index contributed by atoms with van der Waals surface area (Å²) in [6.45, 7) is 0. The molecule has 4 nitrogen and oxygen atoms in total. The van der Waals surface area contributed by atoms with Gasteiger partial charge in [0.05, 0.1) is 14.2 Å². The summed E-state index contributed by atoms with van der Waals surface area (Å²) < 4.78 is 11.4. The molecule has 0 atom stereocenters. The van der Waals surface area contributed by atoms with E-state index in [1.165, 1.54) is 0 Å². The number of benzene rings is 2. The van der Waals surface area contributed by atoms with Crippen molar-refractivity contribution in [1.82, 2.24) is 0 Å². The second-order valence-electron chi connectivity index (χ2n) is 4.55. The third kappa shape index (κ3) is 4.27.